The Labute approximate surface area is 351 Å². The number of esters is 1. The molecule has 7 N–H and O–H groups in total. The van der Waals surface area contributed by atoms with E-state index >= 15 is 0 Å². The Morgan fingerprint density at radius 2 is 1.18 bits per heavy atom. The van der Waals surface area contributed by atoms with E-state index in [1.54, 1.807) is 13.8 Å². The average molecular weight is 864 g/mol. The van der Waals surface area contributed by atoms with Crippen molar-refractivity contribution in [1.29, 1.82) is 0 Å². The van der Waals surface area contributed by atoms with Crippen LogP contribution in [-0.2, 0) is 27.2 Å². The van der Waals surface area contributed by atoms with Crippen LogP contribution < -0.4 is 26.8 Å². The van der Waals surface area contributed by atoms with Gasteiger partial charge >= 0.3 is 12.0 Å². The standard InChI is InChI=1S/C36H45N15O7S2/c1-9-11-13-20-25(44-46-31-23(22(55)15-52)16(3)29(59-31)39-18(5)53)27(37)50(48-20)34-41-35(43-36(42-34)58-8)51-28(38)26(21(49-51)14-12-10-2)45-47-32-24(33(56)57-7)17(4)30(60-32)40-19(6)54/h52H,9-15,37-38H2,1-8H3,(H,39,53)(H,40,54)/b46-44+,47-45+. The predicted octanol–water partition coefficient (Wildman–Crippen LogP) is 6.55. The second kappa shape index (κ2) is 19.5. The number of aromatic nitrogens is 7. The van der Waals surface area contributed by atoms with Crippen molar-refractivity contribution in [2.24, 2.45) is 20.5 Å². The van der Waals surface area contributed by atoms with Crippen molar-refractivity contribution in [1.82, 2.24) is 34.5 Å². The Bertz CT molecular complexity index is 2330. The van der Waals surface area contributed by atoms with Crippen LogP contribution in [0.2, 0.25) is 0 Å². The van der Waals surface area contributed by atoms with E-state index in [1.807, 2.05) is 13.8 Å². The first-order valence-electron chi connectivity index (χ1n) is 18.6. The Hall–Kier alpha value is -6.53. The molecule has 60 heavy (non-hydrogen) atoms. The van der Waals surface area contributed by atoms with E-state index in [0.29, 0.717) is 51.8 Å². The molecule has 0 radical (unpaired) electrons. The zero-order valence-electron chi connectivity index (χ0n) is 34.2. The molecule has 0 atom stereocenters. The molecule has 24 heteroatoms. The van der Waals surface area contributed by atoms with E-state index in [9.17, 15) is 24.3 Å². The quantitative estimate of drug-likeness (QED) is 0.0354. The van der Waals surface area contributed by atoms with Crippen molar-refractivity contribution in [3.8, 4) is 17.9 Å². The van der Waals surface area contributed by atoms with E-state index in [0.717, 1.165) is 41.9 Å². The fourth-order valence-corrected chi connectivity index (χ4v) is 7.90. The molecule has 0 saturated carbocycles. The lowest BCUT2D eigenvalue weighted by molar-refractivity contribution is -0.115. The minimum Gasteiger partial charge on any atom is -0.467 e. The number of ketones is 1. The largest absolute Gasteiger partial charge is 0.467 e. The third kappa shape index (κ3) is 9.50. The van der Waals surface area contributed by atoms with Crippen LogP contribution in [0.5, 0.6) is 6.01 Å². The molecule has 0 aliphatic heterocycles. The smallest absolute Gasteiger partial charge is 0.341 e. The van der Waals surface area contributed by atoms with Gasteiger partial charge in [0.2, 0.25) is 11.8 Å². The van der Waals surface area contributed by atoms with Crippen molar-refractivity contribution in [3.63, 3.8) is 0 Å². The SMILES string of the molecule is CCCCc1nn(-c2nc(OC)nc(-n3nc(CCCC)c(/N=N/c4sc(NC(C)=O)c(C)c4C(=O)OC)c3N)n2)c(N)c1/N=N/c1sc(NC(C)=O)c(C)c1C(=O)CO. The van der Waals surface area contributed by atoms with Gasteiger partial charge in [-0.1, -0.05) is 49.4 Å². The number of carbonyl (C=O) groups excluding carboxylic acids is 4. The number of thiophene rings is 2. The second-order valence-electron chi connectivity index (χ2n) is 13.1. The van der Waals surface area contributed by atoms with Gasteiger partial charge < -0.3 is 36.7 Å². The summed E-state index contributed by atoms with van der Waals surface area (Å²) in [5, 5.41) is 43.2. The Morgan fingerprint density at radius 3 is 1.58 bits per heavy atom. The first kappa shape index (κ1) is 44.6. The van der Waals surface area contributed by atoms with Crippen LogP contribution in [0.1, 0.15) is 96.6 Å². The molecule has 0 spiro atoms. The van der Waals surface area contributed by atoms with Crippen LogP contribution in [0, 0.1) is 13.8 Å². The van der Waals surface area contributed by atoms with Crippen LogP contribution in [-0.4, -0.2) is 84.0 Å². The third-order valence-corrected chi connectivity index (χ3v) is 10.9. The van der Waals surface area contributed by atoms with Crippen LogP contribution in [0.15, 0.2) is 20.5 Å². The highest BCUT2D eigenvalue weighted by atomic mass is 32.1. The summed E-state index contributed by atoms with van der Waals surface area (Å²) in [6.45, 7) is 9.23. The molecule has 0 fully saturated rings. The summed E-state index contributed by atoms with van der Waals surface area (Å²) >= 11 is 2.07. The summed E-state index contributed by atoms with van der Waals surface area (Å²) in [6.07, 6.45) is 3.97. The number of aryl methyl sites for hydroxylation is 2. The number of nitrogen functional groups attached to an aromatic ring is 2. The van der Waals surface area contributed by atoms with E-state index in [-0.39, 0.29) is 73.9 Å². The van der Waals surface area contributed by atoms with Crippen molar-refractivity contribution in [2.75, 3.05) is 42.9 Å². The molecule has 5 aromatic rings. The number of aliphatic hydroxyl groups is 1. The predicted molar refractivity (Wildman–Crippen MR) is 224 cm³/mol. The molecule has 0 unspecified atom stereocenters. The molecule has 5 rings (SSSR count). The highest BCUT2D eigenvalue weighted by molar-refractivity contribution is 7.20. The number of nitrogens with zero attached hydrogens (tertiary/aromatic N) is 11. The Kier molecular flexibility index (Phi) is 14.5. The number of Topliss-reactive ketones (excluding diaryl/α,β-unsaturated/α-hetero) is 1. The first-order valence-corrected chi connectivity index (χ1v) is 20.2. The molecular weight excluding hydrogens is 819 g/mol. The normalized spacial score (nSPS) is 11.5. The van der Waals surface area contributed by atoms with Gasteiger partial charge in [-0.25, -0.2) is 4.79 Å². The molecule has 22 nitrogen and oxygen atoms in total. The number of nitrogens with two attached hydrogens (primary N) is 2. The third-order valence-electron chi connectivity index (χ3n) is 8.75. The fraction of sp³-hybridized carbons (Fsp3) is 0.417. The number of amides is 2. The molecule has 0 saturated heterocycles. The van der Waals surface area contributed by atoms with Crippen LogP contribution in [0.4, 0.5) is 43.0 Å². The zero-order chi connectivity index (χ0) is 43.8. The lowest BCUT2D eigenvalue weighted by atomic mass is 10.1. The number of ether oxygens (including phenoxy) is 2. The van der Waals surface area contributed by atoms with Gasteiger partial charge in [-0.3, -0.25) is 14.4 Å². The summed E-state index contributed by atoms with van der Waals surface area (Å²) in [7, 11) is 2.60. The van der Waals surface area contributed by atoms with Gasteiger partial charge in [0.15, 0.2) is 38.8 Å². The van der Waals surface area contributed by atoms with E-state index < -0.39 is 18.4 Å². The summed E-state index contributed by atoms with van der Waals surface area (Å²) in [4.78, 5) is 62.6. The molecule has 2 amide bonds. The fourth-order valence-electron chi connectivity index (χ4n) is 5.74. The average Bonchev–Trinajstić information content (AvgIpc) is 3.92. The van der Waals surface area contributed by atoms with Crippen molar-refractivity contribution in [2.45, 2.75) is 80.1 Å². The molecule has 0 bridgehead atoms. The molecule has 0 aliphatic rings. The lowest BCUT2D eigenvalue weighted by Gasteiger charge is -2.08. The van der Waals surface area contributed by atoms with E-state index in [1.165, 1.54) is 37.4 Å². The number of carbonyl (C=O) groups is 4. The number of azo groups is 2. The van der Waals surface area contributed by atoms with Gasteiger partial charge in [0.05, 0.1) is 31.2 Å². The van der Waals surface area contributed by atoms with Gasteiger partial charge in [-0.15, -0.1) is 20.5 Å². The number of hydrogen-bond acceptors (Lipinski definition) is 20. The topological polar surface area (TPSA) is 307 Å². The summed E-state index contributed by atoms with van der Waals surface area (Å²) in [5.74, 6) is -2.10. The molecule has 5 aromatic heterocycles. The highest BCUT2D eigenvalue weighted by Gasteiger charge is 2.27. The molecule has 318 valence electrons. The van der Waals surface area contributed by atoms with Gasteiger partial charge in [0.1, 0.15) is 22.2 Å². The van der Waals surface area contributed by atoms with Crippen LogP contribution in [0.3, 0.4) is 0 Å². The molecule has 0 aromatic carbocycles. The number of hydrogen-bond donors (Lipinski definition) is 5. The maximum absolute atomic E-state index is 12.8. The number of aliphatic hydroxyl groups excluding tert-OH is 1. The number of rotatable bonds is 18. The second-order valence-corrected chi connectivity index (χ2v) is 15.1. The zero-order valence-corrected chi connectivity index (χ0v) is 35.9. The van der Waals surface area contributed by atoms with Crippen molar-refractivity contribution in [3.05, 3.63) is 33.6 Å². The van der Waals surface area contributed by atoms with Gasteiger partial charge in [0.25, 0.3) is 11.9 Å². The van der Waals surface area contributed by atoms with Crippen LogP contribution >= 0.6 is 22.7 Å². The molecule has 0 aliphatic carbocycles. The minimum atomic E-state index is -0.776. The summed E-state index contributed by atoms with van der Waals surface area (Å²) in [6, 6.07) is -0.134. The van der Waals surface area contributed by atoms with Crippen molar-refractivity contribution >= 4 is 89.3 Å². The Balaban J connectivity index is 1.62. The maximum atomic E-state index is 12.8. The lowest BCUT2D eigenvalue weighted by Crippen LogP contribution is -2.14. The molecular formula is C36H45N15O7S2. The van der Waals surface area contributed by atoms with Crippen molar-refractivity contribution < 1.29 is 33.8 Å². The monoisotopic (exact) mass is 863 g/mol. The number of nitrogens with one attached hydrogen (secondary N) is 2. The number of methoxy groups -OCH3 is 2. The first-order chi connectivity index (χ1) is 28.7. The van der Waals surface area contributed by atoms with E-state index in [2.05, 4.69) is 46.0 Å². The van der Waals surface area contributed by atoms with Gasteiger partial charge in [0, 0.05) is 19.4 Å². The maximum Gasteiger partial charge on any atom is 0.341 e. The number of unbranched alkanes of at least 4 members (excludes halogenated alkanes) is 2. The minimum absolute atomic E-state index is 0.00343. The summed E-state index contributed by atoms with van der Waals surface area (Å²) in [5.41, 5.74) is 15.8. The van der Waals surface area contributed by atoms with E-state index in [4.69, 9.17) is 31.1 Å². The number of anilines is 4. The molecule has 5 heterocycles. The van der Waals surface area contributed by atoms with Gasteiger partial charge in [-0.2, -0.15) is 34.5 Å². The Morgan fingerprint density at radius 1 is 0.733 bits per heavy atom. The van der Waals surface area contributed by atoms with Crippen LogP contribution in [0.25, 0.3) is 11.9 Å². The highest BCUT2D eigenvalue weighted by Crippen LogP contribution is 2.43. The van der Waals surface area contributed by atoms with Gasteiger partial charge in [-0.05, 0) is 45.1 Å². The summed E-state index contributed by atoms with van der Waals surface area (Å²) < 4.78 is 12.9.